The van der Waals surface area contributed by atoms with E-state index < -0.39 is 5.41 Å². The Morgan fingerprint density at radius 2 is 1.67 bits per heavy atom. The average Bonchev–Trinajstić information content (AvgIpc) is 3.57. The van der Waals surface area contributed by atoms with Crippen LogP contribution in [0, 0.1) is 11.3 Å². The van der Waals surface area contributed by atoms with Crippen molar-refractivity contribution in [3.05, 3.63) is 69.3 Å². The summed E-state index contributed by atoms with van der Waals surface area (Å²) >= 11 is 2.89. The van der Waals surface area contributed by atoms with Gasteiger partial charge in [-0.2, -0.15) is 0 Å². The first-order chi connectivity index (χ1) is 16.0. The fraction of sp³-hybridized carbons (Fsp3) is 0.333. The molecule has 0 aliphatic rings. The summed E-state index contributed by atoms with van der Waals surface area (Å²) in [5, 5.41) is 7.00. The van der Waals surface area contributed by atoms with Crippen molar-refractivity contribution in [2.45, 2.75) is 33.2 Å². The van der Waals surface area contributed by atoms with Crippen LogP contribution >= 0.6 is 22.7 Å². The Balaban J connectivity index is 1.63. The smallest absolute Gasteiger partial charge is 0.236 e. The number of hydrogen-bond donors (Lipinski definition) is 2. The van der Waals surface area contributed by atoms with Gasteiger partial charge in [0.1, 0.15) is 11.0 Å². The van der Waals surface area contributed by atoms with E-state index in [0.717, 1.165) is 26.3 Å². The lowest BCUT2D eigenvalue weighted by atomic mass is 9.78. The van der Waals surface area contributed by atoms with E-state index in [0.29, 0.717) is 13.1 Å². The topological polar surface area (TPSA) is 97.1 Å². The SMILES string of the molecule is CC(C)CNC(=O)C(Cc1cncs1)(Cc1cncs1)C(=O)NCc1ccc2occc2c1. The van der Waals surface area contributed by atoms with Crippen LogP contribution in [0.4, 0.5) is 0 Å². The Bertz CT molecular complexity index is 1160. The summed E-state index contributed by atoms with van der Waals surface area (Å²) in [6.45, 7) is 4.86. The molecule has 0 radical (unpaired) electrons. The summed E-state index contributed by atoms with van der Waals surface area (Å²) in [4.78, 5) is 37.4. The van der Waals surface area contributed by atoms with Crippen molar-refractivity contribution in [3.8, 4) is 0 Å². The van der Waals surface area contributed by atoms with Crippen LogP contribution in [0.5, 0.6) is 0 Å². The zero-order valence-corrected chi connectivity index (χ0v) is 20.2. The van der Waals surface area contributed by atoms with E-state index in [1.165, 1.54) is 22.7 Å². The highest BCUT2D eigenvalue weighted by atomic mass is 32.1. The molecule has 3 heterocycles. The molecular weight excluding hydrogens is 456 g/mol. The number of nitrogens with one attached hydrogen (secondary N) is 2. The highest BCUT2D eigenvalue weighted by Crippen LogP contribution is 2.32. The number of aromatic nitrogens is 2. The normalized spacial score (nSPS) is 11.7. The maximum Gasteiger partial charge on any atom is 0.236 e. The highest BCUT2D eigenvalue weighted by molar-refractivity contribution is 7.09. The van der Waals surface area contributed by atoms with Crippen LogP contribution in [-0.4, -0.2) is 28.3 Å². The van der Waals surface area contributed by atoms with Crippen LogP contribution < -0.4 is 10.6 Å². The van der Waals surface area contributed by atoms with E-state index in [9.17, 15) is 9.59 Å². The molecule has 1 aromatic carbocycles. The number of carbonyl (C=O) groups excluding carboxylic acids is 2. The van der Waals surface area contributed by atoms with Crippen molar-refractivity contribution in [3.63, 3.8) is 0 Å². The number of fused-ring (bicyclic) bond motifs is 1. The third-order valence-corrected chi connectivity index (χ3v) is 6.99. The van der Waals surface area contributed by atoms with Gasteiger partial charge in [0.15, 0.2) is 0 Å². The first-order valence-corrected chi connectivity index (χ1v) is 12.5. The van der Waals surface area contributed by atoms with Crippen molar-refractivity contribution in [2.24, 2.45) is 11.3 Å². The second-order valence-electron chi connectivity index (χ2n) is 8.45. The molecule has 33 heavy (non-hydrogen) atoms. The van der Waals surface area contributed by atoms with Gasteiger partial charge in [-0.25, -0.2) is 0 Å². The lowest BCUT2D eigenvalue weighted by Gasteiger charge is -2.31. The van der Waals surface area contributed by atoms with Crippen molar-refractivity contribution in [1.82, 2.24) is 20.6 Å². The molecule has 0 fully saturated rings. The van der Waals surface area contributed by atoms with E-state index in [2.05, 4.69) is 20.6 Å². The van der Waals surface area contributed by atoms with Gasteiger partial charge in [-0.1, -0.05) is 19.9 Å². The molecule has 0 aliphatic carbocycles. The van der Waals surface area contributed by atoms with Crippen molar-refractivity contribution >= 4 is 45.5 Å². The average molecular weight is 483 g/mol. The molecule has 0 atom stereocenters. The summed E-state index contributed by atoms with van der Waals surface area (Å²) in [5.74, 6) is -0.318. The third kappa shape index (κ3) is 5.48. The van der Waals surface area contributed by atoms with Gasteiger partial charge in [0, 0.05) is 53.5 Å². The first-order valence-electron chi connectivity index (χ1n) is 10.7. The van der Waals surface area contributed by atoms with Gasteiger partial charge < -0.3 is 15.1 Å². The molecule has 0 saturated heterocycles. The van der Waals surface area contributed by atoms with Crippen molar-refractivity contribution in [2.75, 3.05) is 6.54 Å². The molecule has 2 N–H and O–H groups in total. The molecule has 0 unspecified atom stereocenters. The molecule has 2 amide bonds. The van der Waals surface area contributed by atoms with Crippen LogP contribution in [-0.2, 0) is 29.0 Å². The van der Waals surface area contributed by atoms with Gasteiger partial charge in [0.25, 0.3) is 0 Å². The lowest BCUT2D eigenvalue weighted by Crippen LogP contribution is -2.54. The number of benzene rings is 1. The Kier molecular flexibility index (Phi) is 7.20. The van der Waals surface area contributed by atoms with Gasteiger partial charge in [0.05, 0.1) is 17.3 Å². The lowest BCUT2D eigenvalue weighted by molar-refractivity contribution is -0.143. The summed E-state index contributed by atoms with van der Waals surface area (Å²) in [6, 6.07) is 7.66. The third-order valence-electron chi connectivity index (χ3n) is 5.43. The van der Waals surface area contributed by atoms with E-state index in [4.69, 9.17) is 4.42 Å². The minimum absolute atomic E-state index is 0.267. The number of furan rings is 1. The van der Waals surface area contributed by atoms with Gasteiger partial charge >= 0.3 is 0 Å². The highest BCUT2D eigenvalue weighted by Gasteiger charge is 2.46. The zero-order valence-electron chi connectivity index (χ0n) is 18.5. The number of nitrogens with zero attached hydrogens (tertiary/aromatic N) is 2. The first kappa shape index (κ1) is 23.1. The summed E-state index contributed by atoms with van der Waals surface area (Å²) in [5.41, 5.74) is 3.86. The van der Waals surface area contributed by atoms with Crippen LogP contribution in [0.25, 0.3) is 11.0 Å². The number of thiazole rings is 2. The summed E-state index contributed by atoms with van der Waals surface area (Å²) < 4.78 is 5.40. The molecule has 0 saturated carbocycles. The van der Waals surface area contributed by atoms with Gasteiger partial charge in [-0.3, -0.25) is 19.6 Å². The predicted molar refractivity (Wildman–Crippen MR) is 130 cm³/mol. The predicted octanol–water partition coefficient (Wildman–Crippen LogP) is 4.21. The summed E-state index contributed by atoms with van der Waals surface area (Å²) in [7, 11) is 0. The van der Waals surface area contributed by atoms with Crippen LogP contribution in [0.15, 0.2) is 58.4 Å². The molecule has 7 nitrogen and oxygen atoms in total. The molecule has 172 valence electrons. The van der Waals surface area contributed by atoms with Crippen LogP contribution in [0.3, 0.4) is 0 Å². The molecule has 0 aliphatic heterocycles. The van der Waals surface area contributed by atoms with Crippen LogP contribution in [0.2, 0.25) is 0 Å². The number of rotatable bonds is 10. The van der Waals surface area contributed by atoms with E-state index in [-0.39, 0.29) is 30.6 Å². The van der Waals surface area contributed by atoms with Crippen molar-refractivity contribution < 1.29 is 14.0 Å². The molecule has 0 bridgehead atoms. The van der Waals surface area contributed by atoms with Gasteiger partial charge in [-0.15, -0.1) is 22.7 Å². The second kappa shape index (κ2) is 10.3. The number of hydrogen-bond acceptors (Lipinski definition) is 7. The fourth-order valence-corrected chi connectivity index (χ4v) is 5.10. The standard InChI is InChI=1S/C24H26N4O3S2/c1-16(2)10-27-22(29)24(8-19-12-25-14-32-19,9-20-13-26-15-33-20)23(30)28-11-17-3-4-21-18(7-17)5-6-31-21/h3-7,12-16H,8-11H2,1-2H3,(H,27,29)(H,28,30). The largest absolute Gasteiger partial charge is 0.464 e. The maximum absolute atomic E-state index is 13.8. The molecule has 4 aromatic rings. The van der Waals surface area contributed by atoms with E-state index in [1.54, 1.807) is 29.7 Å². The number of amides is 2. The molecule has 3 aromatic heterocycles. The Morgan fingerprint density at radius 1 is 1.00 bits per heavy atom. The molecule has 9 heteroatoms. The molecule has 4 rings (SSSR count). The van der Waals surface area contributed by atoms with Gasteiger partial charge in [-0.05, 0) is 29.7 Å². The maximum atomic E-state index is 13.8. The second-order valence-corrected chi connectivity index (χ2v) is 10.4. The Hall–Kier alpha value is -3.04. The van der Waals surface area contributed by atoms with Crippen LogP contribution in [0.1, 0.15) is 29.2 Å². The minimum Gasteiger partial charge on any atom is -0.464 e. The molecule has 0 spiro atoms. The quantitative estimate of drug-likeness (QED) is 0.330. The Morgan fingerprint density at radius 3 is 2.27 bits per heavy atom. The minimum atomic E-state index is -1.31. The zero-order chi connectivity index (χ0) is 23.3. The number of carbonyl (C=O) groups is 2. The van der Waals surface area contributed by atoms with Crippen molar-refractivity contribution in [1.29, 1.82) is 0 Å². The van der Waals surface area contributed by atoms with Gasteiger partial charge in [0.2, 0.25) is 11.8 Å². The molecular formula is C24H26N4O3S2. The van der Waals surface area contributed by atoms with E-state index >= 15 is 0 Å². The van der Waals surface area contributed by atoms with E-state index in [1.807, 2.05) is 38.1 Å². The Labute approximate surface area is 200 Å². The fourth-order valence-electron chi connectivity index (χ4n) is 3.68. The summed E-state index contributed by atoms with van der Waals surface area (Å²) in [6.07, 6.45) is 5.63. The monoisotopic (exact) mass is 482 g/mol.